The van der Waals surface area contributed by atoms with E-state index in [2.05, 4.69) is 15.6 Å². The fourth-order valence-electron chi connectivity index (χ4n) is 3.28. The quantitative estimate of drug-likeness (QED) is 0.882. The normalized spacial score (nSPS) is 16.3. The fraction of sp³-hybridized carbons (Fsp3) is 0.474. The van der Waals surface area contributed by atoms with Crippen molar-refractivity contribution in [1.29, 1.82) is 0 Å². The molecular weight excluding hydrogens is 330 g/mol. The second kappa shape index (κ2) is 6.90. The predicted octanol–water partition coefficient (Wildman–Crippen LogP) is 1.45. The second-order valence-corrected chi connectivity index (χ2v) is 7.14. The largest absolute Gasteiger partial charge is 0.353 e. The second-order valence-electron chi connectivity index (χ2n) is 7.14. The molecule has 0 radical (unpaired) electrons. The molecule has 0 spiro atoms. The predicted molar refractivity (Wildman–Crippen MR) is 95.4 cm³/mol. The number of hydrogen-bond donors (Lipinski definition) is 1. The average Bonchev–Trinajstić information content (AvgIpc) is 3.36. The maximum atomic E-state index is 12.8. The zero-order valence-electron chi connectivity index (χ0n) is 14.9. The van der Waals surface area contributed by atoms with Crippen molar-refractivity contribution in [3.05, 3.63) is 46.8 Å². The molecule has 2 aromatic rings. The number of amides is 2. The van der Waals surface area contributed by atoms with E-state index in [1.165, 1.54) is 0 Å². The molecule has 136 valence electrons. The lowest BCUT2D eigenvalue weighted by Crippen LogP contribution is -2.38. The first-order valence-corrected chi connectivity index (χ1v) is 9.16. The van der Waals surface area contributed by atoms with Crippen LogP contribution in [0, 0.1) is 6.92 Å². The molecule has 0 saturated heterocycles. The number of carbonyl (C=O) groups is 2. The van der Waals surface area contributed by atoms with Crippen LogP contribution in [-0.4, -0.2) is 44.3 Å². The van der Waals surface area contributed by atoms with Crippen molar-refractivity contribution in [2.45, 2.75) is 51.7 Å². The van der Waals surface area contributed by atoms with Gasteiger partial charge in [-0.15, -0.1) is 5.10 Å². The molecule has 26 heavy (non-hydrogen) atoms. The molecule has 7 nitrogen and oxygen atoms in total. The zero-order valence-corrected chi connectivity index (χ0v) is 14.9. The van der Waals surface area contributed by atoms with E-state index >= 15 is 0 Å². The Hall–Kier alpha value is -2.70. The molecule has 0 atom stereocenters. The lowest BCUT2D eigenvalue weighted by Gasteiger charge is -2.28. The number of nitrogens with zero attached hydrogens (tertiary/aromatic N) is 4. The highest BCUT2D eigenvalue weighted by Crippen LogP contribution is 2.20. The molecule has 2 heterocycles. The maximum absolute atomic E-state index is 12.8. The van der Waals surface area contributed by atoms with Crippen molar-refractivity contribution < 1.29 is 9.59 Å². The van der Waals surface area contributed by atoms with E-state index in [0.717, 1.165) is 29.8 Å². The SMILES string of the molecule is Cc1cccc(C(=O)N2CCn3nnc(CCC(=O)NC4CC4)c3C2)c1. The van der Waals surface area contributed by atoms with Crippen LogP contribution in [0.4, 0.5) is 0 Å². The van der Waals surface area contributed by atoms with Gasteiger partial charge in [-0.1, -0.05) is 22.9 Å². The Morgan fingerprint density at radius 2 is 2.12 bits per heavy atom. The molecule has 0 unspecified atom stereocenters. The number of aromatic nitrogens is 3. The van der Waals surface area contributed by atoms with Crippen LogP contribution >= 0.6 is 0 Å². The van der Waals surface area contributed by atoms with E-state index in [1.54, 1.807) is 0 Å². The van der Waals surface area contributed by atoms with Gasteiger partial charge in [-0.3, -0.25) is 9.59 Å². The van der Waals surface area contributed by atoms with Gasteiger partial charge in [0.1, 0.15) is 0 Å². The minimum Gasteiger partial charge on any atom is -0.353 e. The van der Waals surface area contributed by atoms with Crippen molar-refractivity contribution in [2.24, 2.45) is 0 Å². The van der Waals surface area contributed by atoms with Crippen LogP contribution in [-0.2, 0) is 24.3 Å². The number of aryl methyl sites for hydroxylation is 2. The van der Waals surface area contributed by atoms with E-state index in [9.17, 15) is 9.59 Å². The smallest absolute Gasteiger partial charge is 0.254 e. The van der Waals surface area contributed by atoms with E-state index in [4.69, 9.17) is 0 Å². The number of carbonyl (C=O) groups excluding carboxylic acids is 2. The number of fused-ring (bicyclic) bond motifs is 1. The Kier molecular flexibility index (Phi) is 4.44. The third kappa shape index (κ3) is 3.61. The third-order valence-electron chi connectivity index (χ3n) is 4.92. The van der Waals surface area contributed by atoms with Crippen molar-refractivity contribution in [3.8, 4) is 0 Å². The summed E-state index contributed by atoms with van der Waals surface area (Å²) in [5, 5.41) is 11.4. The summed E-state index contributed by atoms with van der Waals surface area (Å²) in [6.45, 7) is 3.72. The summed E-state index contributed by atoms with van der Waals surface area (Å²) in [4.78, 5) is 26.6. The average molecular weight is 353 g/mol. The molecule has 1 N–H and O–H groups in total. The lowest BCUT2D eigenvalue weighted by atomic mass is 10.1. The van der Waals surface area contributed by atoms with Crippen LogP contribution in [0.5, 0.6) is 0 Å². The third-order valence-corrected chi connectivity index (χ3v) is 4.92. The summed E-state index contributed by atoms with van der Waals surface area (Å²) in [5.74, 6) is 0.0938. The maximum Gasteiger partial charge on any atom is 0.254 e. The van der Waals surface area contributed by atoms with Gasteiger partial charge in [-0.2, -0.15) is 0 Å². The molecule has 2 amide bonds. The van der Waals surface area contributed by atoms with Crippen LogP contribution < -0.4 is 5.32 Å². The first-order valence-electron chi connectivity index (χ1n) is 9.16. The highest BCUT2D eigenvalue weighted by atomic mass is 16.2. The van der Waals surface area contributed by atoms with E-state index in [-0.39, 0.29) is 11.8 Å². The van der Waals surface area contributed by atoms with Gasteiger partial charge >= 0.3 is 0 Å². The Bertz CT molecular complexity index is 840. The van der Waals surface area contributed by atoms with Crippen LogP contribution in [0.15, 0.2) is 24.3 Å². The Morgan fingerprint density at radius 1 is 1.27 bits per heavy atom. The van der Waals surface area contributed by atoms with Gasteiger partial charge in [0.15, 0.2) is 0 Å². The highest BCUT2D eigenvalue weighted by molar-refractivity contribution is 5.94. The molecule has 4 rings (SSSR count). The lowest BCUT2D eigenvalue weighted by molar-refractivity contribution is -0.121. The molecule has 1 aromatic heterocycles. The topological polar surface area (TPSA) is 80.1 Å². The van der Waals surface area contributed by atoms with Crippen molar-refractivity contribution >= 4 is 11.8 Å². The minimum absolute atomic E-state index is 0.0265. The van der Waals surface area contributed by atoms with Crippen molar-refractivity contribution in [1.82, 2.24) is 25.2 Å². The Morgan fingerprint density at radius 3 is 2.88 bits per heavy atom. The molecule has 2 aliphatic rings. The summed E-state index contributed by atoms with van der Waals surface area (Å²) < 4.78 is 1.86. The Labute approximate surface area is 152 Å². The molecular formula is C19H23N5O2. The fourth-order valence-corrected chi connectivity index (χ4v) is 3.28. The summed E-state index contributed by atoms with van der Waals surface area (Å²) in [7, 11) is 0. The van der Waals surface area contributed by atoms with Gasteiger partial charge in [-0.25, -0.2) is 4.68 Å². The monoisotopic (exact) mass is 353 g/mol. The molecule has 1 saturated carbocycles. The number of rotatable bonds is 5. The Balaban J connectivity index is 1.43. The number of hydrogen-bond acceptors (Lipinski definition) is 4. The standard InChI is InChI=1S/C19H23N5O2/c1-13-3-2-4-14(11-13)19(26)23-9-10-24-17(12-23)16(21-22-24)7-8-18(25)20-15-5-6-15/h2-4,11,15H,5-10,12H2,1H3,(H,20,25). The molecule has 0 bridgehead atoms. The molecule has 1 aliphatic heterocycles. The van der Waals surface area contributed by atoms with Gasteiger partial charge in [0, 0.05) is 31.0 Å². The zero-order chi connectivity index (χ0) is 18.1. The van der Waals surface area contributed by atoms with Crippen molar-refractivity contribution in [2.75, 3.05) is 6.54 Å². The summed E-state index contributed by atoms with van der Waals surface area (Å²) in [6.07, 6.45) is 3.14. The van der Waals surface area contributed by atoms with Gasteiger partial charge in [0.05, 0.1) is 24.5 Å². The first-order chi connectivity index (χ1) is 12.6. The van der Waals surface area contributed by atoms with Gasteiger partial charge in [-0.05, 0) is 31.9 Å². The highest BCUT2D eigenvalue weighted by Gasteiger charge is 2.27. The summed E-state index contributed by atoms with van der Waals surface area (Å²) >= 11 is 0. The van der Waals surface area contributed by atoms with E-state index in [1.807, 2.05) is 40.8 Å². The first kappa shape index (κ1) is 16.8. The van der Waals surface area contributed by atoms with Crippen LogP contribution in [0.25, 0.3) is 0 Å². The van der Waals surface area contributed by atoms with Crippen LogP contribution in [0.2, 0.25) is 0 Å². The van der Waals surface area contributed by atoms with Gasteiger partial charge in [0.2, 0.25) is 5.91 Å². The van der Waals surface area contributed by atoms with Crippen molar-refractivity contribution in [3.63, 3.8) is 0 Å². The van der Waals surface area contributed by atoms with E-state index < -0.39 is 0 Å². The molecule has 1 fully saturated rings. The van der Waals surface area contributed by atoms with Crippen LogP contribution in [0.1, 0.15) is 46.6 Å². The van der Waals surface area contributed by atoms with Gasteiger partial charge < -0.3 is 10.2 Å². The summed E-state index contributed by atoms with van der Waals surface area (Å²) in [6, 6.07) is 8.02. The molecule has 1 aromatic carbocycles. The summed E-state index contributed by atoms with van der Waals surface area (Å²) in [5.41, 5.74) is 3.53. The van der Waals surface area contributed by atoms with Crippen LogP contribution in [0.3, 0.4) is 0 Å². The molecule has 7 heteroatoms. The number of nitrogens with one attached hydrogen (secondary N) is 1. The van der Waals surface area contributed by atoms with Gasteiger partial charge in [0.25, 0.3) is 5.91 Å². The molecule has 1 aliphatic carbocycles. The van der Waals surface area contributed by atoms with E-state index in [0.29, 0.717) is 44.1 Å². The minimum atomic E-state index is 0.0265. The number of benzene rings is 1.